The molecule has 1 aliphatic carbocycles. The molecular weight excluding hydrogens is 482 g/mol. The van der Waals surface area contributed by atoms with Crippen LogP contribution in [0.2, 0.25) is 13.1 Å². The van der Waals surface area contributed by atoms with Crippen LogP contribution in [0.4, 0.5) is 0 Å². The third-order valence-corrected chi connectivity index (χ3v) is 18.0. The van der Waals surface area contributed by atoms with Gasteiger partial charge in [0.15, 0.2) is 0 Å². The molecule has 163 valence electrons. The minimum atomic E-state index is -1.82. The first-order chi connectivity index (χ1) is 13.0. The fourth-order valence-corrected chi connectivity index (χ4v) is 17.3. The van der Waals surface area contributed by atoms with E-state index in [9.17, 15) is 0 Å². The zero-order chi connectivity index (χ0) is 20.9. The Hall–Kier alpha value is -0.321. The summed E-state index contributed by atoms with van der Waals surface area (Å²) in [6.45, 7) is 18.9. The smallest absolute Gasteiger partial charge is 0.147 e. The summed E-state index contributed by atoms with van der Waals surface area (Å²) in [4.78, 5) is 0. The zero-order valence-electron chi connectivity index (χ0n) is 19.3. The molecule has 0 spiro atoms. The standard InChI is InChI=1S/C25H32PSi.2ClH.Cr/c1-18-9-13-22(14-10-18)26(23-15-11-19(2)12-16-23)27(7,8)24-17-25(5,6)21(4)20(24)3;;;/h9-16H,1-8H3;2*1H;. The van der Waals surface area contributed by atoms with Crippen LogP contribution in [-0.2, 0) is 16.3 Å². The third kappa shape index (κ3) is 4.86. The molecule has 1 aliphatic rings. The molecule has 0 saturated carbocycles. The minimum Gasteiger partial charge on any atom is -0.147 e. The molecule has 0 nitrogen and oxygen atoms in total. The maximum atomic E-state index is 3.51. The Kier molecular flexibility index (Phi) is 9.32. The predicted molar refractivity (Wildman–Crippen MR) is 140 cm³/mol. The average molecular weight is 517 g/mol. The fourth-order valence-electron chi connectivity index (χ4n) is 4.34. The second-order valence-corrected chi connectivity index (χ2v) is 19.8. The Labute approximate surface area is 206 Å². The Morgan fingerprint density at radius 2 is 1.10 bits per heavy atom. The number of hydrogen-bond donors (Lipinski definition) is 0. The molecule has 0 amide bonds. The maximum absolute atomic E-state index is 3.51. The van der Waals surface area contributed by atoms with Gasteiger partial charge in [0.25, 0.3) is 0 Å². The zero-order valence-corrected chi connectivity index (χ0v) is 24.1. The van der Waals surface area contributed by atoms with Crippen molar-refractivity contribution in [1.82, 2.24) is 0 Å². The molecule has 0 fully saturated rings. The summed E-state index contributed by atoms with van der Waals surface area (Å²) in [6.07, 6.45) is 0. The summed E-state index contributed by atoms with van der Waals surface area (Å²) < 4.78 is 1.48. The van der Waals surface area contributed by atoms with Gasteiger partial charge in [-0.05, 0) is 0 Å². The van der Waals surface area contributed by atoms with Crippen molar-refractivity contribution in [3.63, 3.8) is 0 Å². The first-order valence-corrected chi connectivity index (χ1v) is 15.8. The normalized spacial score (nSPS) is 15.9. The summed E-state index contributed by atoms with van der Waals surface area (Å²) in [5, 5.41) is 4.68. The van der Waals surface area contributed by atoms with Crippen molar-refractivity contribution >= 4 is 50.6 Å². The van der Waals surface area contributed by atoms with E-state index in [2.05, 4.69) is 119 Å². The Balaban J connectivity index is 0.00000225. The number of benzene rings is 2. The summed E-state index contributed by atoms with van der Waals surface area (Å²) in [6, 6.07) is 18.6. The SMILES string of the molecule is CC1=C(C)C(C)(C)[C]([Cr])=C1[Si](C)(C)P(c1ccc(C)cc1)c1ccc(C)cc1.Cl.Cl. The molecule has 2 aromatic rings. The number of aryl methyl sites for hydroxylation is 2. The van der Waals surface area contributed by atoms with Crippen molar-refractivity contribution in [2.24, 2.45) is 5.41 Å². The number of allylic oxidation sites excluding steroid dienone is 4. The van der Waals surface area contributed by atoms with Crippen LogP contribution in [0.25, 0.3) is 0 Å². The summed E-state index contributed by atoms with van der Waals surface area (Å²) >= 11 is 3.51. The average Bonchev–Trinajstić information content (AvgIpc) is 2.78. The van der Waals surface area contributed by atoms with Crippen LogP contribution in [0.1, 0.15) is 38.8 Å². The molecule has 0 heterocycles. The molecule has 3 rings (SSSR count). The second kappa shape index (κ2) is 10.1. The van der Waals surface area contributed by atoms with Gasteiger partial charge in [0, 0.05) is 0 Å². The van der Waals surface area contributed by atoms with Gasteiger partial charge < -0.3 is 0 Å². The van der Waals surface area contributed by atoms with E-state index in [0.717, 1.165) is 0 Å². The second-order valence-electron chi connectivity index (χ2n) is 9.14. The molecule has 5 heteroatoms. The van der Waals surface area contributed by atoms with Crippen molar-refractivity contribution in [2.75, 3.05) is 0 Å². The van der Waals surface area contributed by atoms with Crippen molar-refractivity contribution in [2.45, 2.75) is 54.6 Å². The van der Waals surface area contributed by atoms with Gasteiger partial charge in [0.05, 0.1) is 0 Å². The van der Waals surface area contributed by atoms with Crippen LogP contribution in [0, 0.1) is 19.3 Å². The quantitative estimate of drug-likeness (QED) is 0.292. The molecule has 0 aliphatic heterocycles. The molecule has 0 bridgehead atoms. The van der Waals surface area contributed by atoms with Crippen LogP contribution in [-0.4, -0.2) is 7.74 Å². The van der Waals surface area contributed by atoms with Crippen molar-refractivity contribution in [1.29, 1.82) is 0 Å². The monoisotopic (exact) mass is 515 g/mol. The van der Waals surface area contributed by atoms with Crippen LogP contribution >= 0.6 is 32.3 Å². The van der Waals surface area contributed by atoms with Gasteiger partial charge >= 0.3 is 183 Å². The molecule has 0 aromatic heterocycles. The number of hydrogen-bond acceptors (Lipinski definition) is 0. The fraction of sp³-hybridized carbons (Fsp3) is 0.360. The van der Waals surface area contributed by atoms with E-state index in [4.69, 9.17) is 0 Å². The van der Waals surface area contributed by atoms with Gasteiger partial charge in [-0.25, -0.2) is 0 Å². The minimum absolute atomic E-state index is 0. The van der Waals surface area contributed by atoms with E-state index in [-0.39, 0.29) is 30.2 Å². The third-order valence-electron chi connectivity index (χ3n) is 6.42. The van der Waals surface area contributed by atoms with E-state index >= 15 is 0 Å². The van der Waals surface area contributed by atoms with E-state index in [1.54, 1.807) is 5.20 Å². The largest absolute Gasteiger partial charge is 0.147 e. The first kappa shape index (κ1) is 27.7. The van der Waals surface area contributed by atoms with Crippen LogP contribution in [0.5, 0.6) is 0 Å². The molecule has 0 saturated heterocycles. The van der Waals surface area contributed by atoms with Crippen LogP contribution in [0.3, 0.4) is 0 Å². The molecule has 0 N–H and O–H groups in total. The molecule has 0 atom stereocenters. The van der Waals surface area contributed by atoms with Gasteiger partial charge in [0.2, 0.25) is 0 Å². The topological polar surface area (TPSA) is 0 Å². The van der Waals surface area contributed by atoms with Gasteiger partial charge in [-0.3, -0.25) is 0 Å². The predicted octanol–water partition coefficient (Wildman–Crippen LogP) is 7.50. The molecule has 0 radical (unpaired) electrons. The van der Waals surface area contributed by atoms with Crippen molar-refractivity contribution in [3.05, 3.63) is 80.4 Å². The summed E-state index contributed by atoms with van der Waals surface area (Å²) in [5.74, 6) is 0. The number of rotatable bonds is 4. The first-order valence-electron chi connectivity index (χ1n) is 10.0. The van der Waals surface area contributed by atoms with Gasteiger partial charge in [-0.2, -0.15) is 0 Å². The van der Waals surface area contributed by atoms with E-state index in [0.29, 0.717) is 0 Å². The Morgan fingerprint density at radius 3 is 1.40 bits per heavy atom. The Bertz CT molecular complexity index is 912. The van der Waals surface area contributed by atoms with Crippen LogP contribution in [0.15, 0.2) is 69.3 Å². The van der Waals surface area contributed by atoms with E-state index < -0.39 is 15.2 Å². The van der Waals surface area contributed by atoms with Crippen molar-refractivity contribution < 1.29 is 16.3 Å². The maximum Gasteiger partial charge on any atom is -0.147 e. The van der Waals surface area contributed by atoms with Crippen LogP contribution < -0.4 is 10.6 Å². The van der Waals surface area contributed by atoms with E-state index in [1.165, 1.54) is 37.3 Å². The Morgan fingerprint density at radius 1 is 0.733 bits per heavy atom. The number of halogens is 2. The molecular formula is C25H34Cl2CrPSi. The summed E-state index contributed by atoms with van der Waals surface area (Å²) in [5.41, 5.74) is 5.85. The van der Waals surface area contributed by atoms with Gasteiger partial charge in [0.1, 0.15) is 0 Å². The molecule has 30 heavy (non-hydrogen) atoms. The van der Waals surface area contributed by atoms with Gasteiger partial charge in [-0.15, -0.1) is 24.8 Å². The molecule has 0 unspecified atom stereocenters. The summed E-state index contributed by atoms with van der Waals surface area (Å²) in [7, 11) is -2.23. The van der Waals surface area contributed by atoms with E-state index in [1.807, 2.05) is 0 Å². The molecule has 2 aromatic carbocycles. The van der Waals surface area contributed by atoms with Gasteiger partial charge in [-0.1, -0.05) is 0 Å². The van der Waals surface area contributed by atoms with Crippen molar-refractivity contribution in [3.8, 4) is 0 Å².